The van der Waals surface area contributed by atoms with Crippen LogP contribution in [0.5, 0.6) is 0 Å². The van der Waals surface area contributed by atoms with Crippen LogP contribution in [0.4, 0.5) is 0 Å². The van der Waals surface area contributed by atoms with Crippen LogP contribution in [-0.2, 0) is 9.59 Å². The average molecular weight is 213 g/mol. The summed E-state index contributed by atoms with van der Waals surface area (Å²) in [5.41, 5.74) is -0.435. The van der Waals surface area contributed by atoms with E-state index in [2.05, 4.69) is 0 Å². The molecule has 0 aromatic rings. The number of amides is 1. The van der Waals surface area contributed by atoms with E-state index in [0.717, 1.165) is 32.1 Å². The topological polar surface area (TPSA) is 57.6 Å². The van der Waals surface area contributed by atoms with E-state index in [1.54, 1.807) is 11.9 Å². The fraction of sp³-hybridized carbons (Fsp3) is 0.818. The first kappa shape index (κ1) is 12.0. The molecule has 15 heavy (non-hydrogen) atoms. The molecular weight excluding hydrogens is 194 g/mol. The lowest BCUT2D eigenvalue weighted by molar-refractivity contribution is -0.144. The summed E-state index contributed by atoms with van der Waals surface area (Å²) in [5.74, 6) is -0.858. The molecule has 1 aliphatic carbocycles. The molecule has 0 spiro atoms. The third kappa shape index (κ3) is 2.70. The number of carboxylic acid groups (broad SMARTS) is 1. The van der Waals surface area contributed by atoms with Gasteiger partial charge >= 0.3 is 5.97 Å². The van der Waals surface area contributed by atoms with Crippen molar-refractivity contribution < 1.29 is 14.7 Å². The van der Waals surface area contributed by atoms with Crippen LogP contribution in [0.15, 0.2) is 0 Å². The Labute approximate surface area is 90.3 Å². The number of nitrogens with zero attached hydrogens (tertiary/aromatic N) is 1. The van der Waals surface area contributed by atoms with Crippen molar-refractivity contribution in [1.29, 1.82) is 0 Å². The molecule has 0 unspecified atom stereocenters. The molecule has 86 valence electrons. The minimum atomic E-state index is -0.815. The number of rotatable bonds is 3. The highest BCUT2D eigenvalue weighted by Crippen LogP contribution is 2.35. The van der Waals surface area contributed by atoms with Gasteiger partial charge in [-0.25, -0.2) is 0 Å². The molecule has 1 saturated carbocycles. The molecule has 1 rings (SSSR count). The SMILES string of the molecule is CC(=O)N(C)C1(CC(=O)O)CCCCC1. The van der Waals surface area contributed by atoms with Gasteiger partial charge in [-0.15, -0.1) is 0 Å². The van der Waals surface area contributed by atoms with E-state index in [1.807, 2.05) is 0 Å². The van der Waals surface area contributed by atoms with Gasteiger partial charge < -0.3 is 10.0 Å². The number of hydrogen-bond donors (Lipinski definition) is 1. The van der Waals surface area contributed by atoms with Crippen molar-refractivity contribution in [3.8, 4) is 0 Å². The molecule has 0 heterocycles. The average Bonchev–Trinajstić information content (AvgIpc) is 2.16. The van der Waals surface area contributed by atoms with E-state index in [4.69, 9.17) is 5.11 Å². The van der Waals surface area contributed by atoms with Gasteiger partial charge in [0, 0.05) is 14.0 Å². The van der Waals surface area contributed by atoms with Gasteiger partial charge in [0.1, 0.15) is 0 Å². The normalized spacial score (nSPS) is 19.6. The van der Waals surface area contributed by atoms with E-state index in [0.29, 0.717) is 0 Å². The van der Waals surface area contributed by atoms with Crippen molar-refractivity contribution in [2.75, 3.05) is 7.05 Å². The maximum Gasteiger partial charge on any atom is 0.305 e. The molecule has 0 radical (unpaired) electrons. The molecule has 0 aromatic carbocycles. The monoisotopic (exact) mass is 213 g/mol. The molecule has 1 N–H and O–H groups in total. The van der Waals surface area contributed by atoms with Crippen LogP contribution in [0, 0.1) is 0 Å². The van der Waals surface area contributed by atoms with Crippen molar-refractivity contribution in [2.45, 2.75) is 51.0 Å². The zero-order valence-electron chi connectivity index (χ0n) is 9.45. The Morgan fingerprint density at radius 3 is 2.20 bits per heavy atom. The third-order valence-corrected chi connectivity index (χ3v) is 3.45. The highest BCUT2D eigenvalue weighted by Gasteiger charge is 2.39. The Morgan fingerprint density at radius 2 is 1.80 bits per heavy atom. The van der Waals surface area contributed by atoms with Gasteiger partial charge in [-0.05, 0) is 12.8 Å². The molecule has 1 amide bonds. The molecule has 1 aliphatic rings. The highest BCUT2D eigenvalue weighted by molar-refractivity contribution is 5.76. The molecular formula is C11H19NO3. The van der Waals surface area contributed by atoms with Crippen LogP contribution in [0.25, 0.3) is 0 Å². The van der Waals surface area contributed by atoms with E-state index in [9.17, 15) is 9.59 Å². The Bertz CT molecular complexity index is 257. The van der Waals surface area contributed by atoms with Crippen molar-refractivity contribution in [3.63, 3.8) is 0 Å². The Morgan fingerprint density at radius 1 is 1.27 bits per heavy atom. The van der Waals surface area contributed by atoms with E-state index in [-0.39, 0.29) is 12.3 Å². The molecule has 4 nitrogen and oxygen atoms in total. The first-order chi connectivity index (χ1) is 6.98. The first-order valence-electron chi connectivity index (χ1n) is 5.44. The van der Waals surface area contributed by atoms with Crippen molar-refractivity contribution >= 4 is 11.9 Å². The standard InChI is InChI=1S/C11H19NO3/c1-9(13)12(2)11(8-10(14)15)6-4-3-5-7-11/h3-8H2,1-2H3,(H,14,15). The van der Waals surface area contributed by atoms with Gasteiger partial charge in [-0.2, -0.15) is 0 Å². The predicted octanol–water partition coefficient (Wildman–Crippen LogP) is 1.64. The van der Waals surface area contributed by atoms with Crippen LogP contribution >= 0.6 is 0 Å². The summed E-state index contributed by atoms with van der Waals surface area (Å²) in [5, 5.41) is 8.92. The lowest BCUT2D eigenvalue weighted by atomic mass is 9.78. The number of hydrogen-bond acceptors (Lipinski definition) is 2. The maximum atomic E-state index is 11.4. The van der Waals surface area contributed by atoms with Crippen LogP contribution in [-0.4, -0.2) is 34.5 Å². The van der Waals surface area contributed by atoms with Crippen molar-refractivity contribution in [3.05, 3.63) is 0 Å². The van der Waals surface area contributed by atoms with E-state index < -0.39 is 11.5 Å². The number of carboxylic acids is 1. The summed E-state index contributed by atoms with van der Waals surface area (Å²) in [4.78, 5) is 23.8. The molecule has 0 aliphatic heterocycles. The fourth-order valence-corrected chi connectivity index (χ4v) is 2.46. The first-order valence-corrected chi connectivity index (χ1v) is 5.44. The lowest BCUT2D eigenvalue weighted by Crippen LogP contribution is -2.51. The van der Waals surface area contributed by atoms with Crippen LogP contribution < -0.4 is 0 Å². The molecule has 0 aromatic heterocycles. The van der Waals surface area contributed by atoms with Gasteiger partial charge in [0.25, 0.3) is 0 Å². The summed E-state index contributed by atoms with van der Waals surface area (Å²) < 4.78 is 0. The zero-order valence-corrected chi connectivity index (χ0v) is 9.45. The quantitative estimate of drug-likeness (QED) is 0.775. The highest BCUT2D eigenvalue weighted by atomic mass is 16.4. The summed E-state index contributed by atoms with van der Waals surface area (Å²) >= 11 is 0. The van der Waals surface area contributed by atoms with E-state index >= 15 is 0 Å². The van der Waals surface area contributed by atoms with Gasteiger partial charge in [0.05, 0.1) is 12.0 Å². The molecule has 0 bridgehead atoms. The van der Waals surface area contributed by atoms with Crippen molar-refractivity contribution in [2.24, 2.45) is 0 Å². The van der Waals surface area contributed by atoms with Gasteiger partial charge in [0.2, 0.25) is 5.91 Å². The Hall–Kier alpha value is -1.06. The molecule has 0 saturated heterocycles. The molecule has 4 heteroatoms. The van der Waals surface area contributed by atoms with Crippen LogP contribution in [0.2, 0.25) is 0 Å². The predicted molar refractivity (Wildman–Crippen MR) is 56.5 cm³/mol. The number of carbonyl (C=O) groups is 2. The second-order valence-electron chi connectivity index (χ2n) is 4.43. The Balaban J connectivity index is 2.83. The zero-order chi connectivity index (χ0) is 11.5. The number of aliphatic carboxylic acids is 1. The van der Waals surface area contributed by atoms with Crippen LogP contribution in [0.3, 0.4) is 0 Å². The van der Waals surface area contributed by atoms with Gasteiger partial charge in [0.15, 0.2) is 0 Å². The lowest BCUT2D eigenvalue weighted by Gasteiger charge is -2.43. The minimum absolute atomic E-state index is 0.0434. The minimum Gasteiger partial charge on any atom is -0.481 e. The Kier molecular flexibility index (Phi) is 3.72. The van der Waals surface area contributed by atoms with Gasteiger partial charge in [-0.3, -0.25) is 9.59 Å². The summed E-state index contributed by atoms with van der Waals surface area (Å²) in [6, 6.07) is 0. The summed E-state index contributed by atoms with van der Waals surface area (Å²) in [7, 11) is 1.72. The second-order valence-corrected chi connectivity index (χ2v) is 4.43. The van der Waals surface area contributed by atoms with Crippen LogP contribution in [0.1, 0.15) is 45.4 Å². The smallest absolute Gasteiger partial charge is 0.305 e. The summed E-state index contributed by atoms with van der Waals surface area (Å²) in [6.07, 6.45) is 4.89. The summed E-state index contributed by atoms with van der Waals surface area (Å²) in [6.45, 7) is 1.50. The molecule has 0 atom stereocenters. The second kappa shape index (κ2) is 4.64. The third-order valence-electron chi connectivity index (χ3n) is 3.45. The number of carbonyl (C=O) groups excluding carboxylic acids is 1. The largest absolute Gasteiger partial charge is 0.481 e. The molecule has 1 fully saturated rings. The maximum absolute atomic E-state index is 11.4. The van der Waals surface area contributed by atoms with Gasteiger partial charge in [-0.1, -0.05) is 19.3 Å². The van der Waals surface area contributed by atoms with E-state index in [1.165, 1.54) is 6.92 Å². The fourth-order valence-electron chi connectivity index (χ4n) is 2.46. The van der Waals surface area contributed by atoms with Crippen molar-refractivity contribution in [1.82, 2.24) is 4.90 Å².